The maximum absolute atomic E-state index is 12.7. The Morgan fingerprint density at radius 1 is 0.288 bits per heavy atom. The molecule has 0 aliphatic rings. The molecule has 0 aromatic heterocycles. The van der Waals surface area contributed by atoms with Gasteiger partial charge in [0.25, 0.3) is 0 Å². The van der Waals surface area contributed by atoms with E-state index in [1.807, 2.05) is 0 Å². The first kappa shape index (κ1) is 70.1. The summed E-state index contributed by atoms with van der Waals surface area (Å²) in [6, 6.07) is 0. The van der Waals surface area contributed by atoms with E-state index >= 15 is 0 Å². The second-order valence-corrected chi connectivity index (χ2v) is 21.3. The fourth-order valence-electron chi connectivity index (χ4n) is 9.31. The molecule has 0 aliphatic carbocycles. The van der Waals surface area contributed by atoms with Crippen molar-refractivity contribution in [2.24, 2.45) is 0 Å². The Hall–Kier alpha value is -2.89. The molecule has 0 saturated heterocycles. The minimum atomic E-state index is -0.799. The Morgan fingerprint density at radius 3 is 0.822 bits per heavy atom. The van der Waals surface area contributed by atoms with Crippen molar-refractivity contribution in [1.29, 1.82) is 0 Å². The number of ether oxygens (including phenoxy) is 3. The third kappa shape index (κ3) is 59.9. The molecule has 6 nitrogen and oxygen atoms in total. The number of unbranched alkanes of at least 4 members (excludes halogenated alkanes) is 37. The van der Waals surface area contributed by atoms with Gasteiger partial charge in [0.05, 0.1) is 0 Å². The van der Waals surface area contributed by atoms with Crippen LogP contribution in [-0.4, -0.2) is 37.2 Å². The monoisotopic (exact) mass is 1020 g/mol. The summed E-state index contributed by atoms with van der Waals surface area (Å²) in [5, 5.41) is 0. The molecule has 0 saturated carbocycles. The van der Waals surface area contributed by atoms with Crippen LogP contribution in [0.2, 0.25) is 0 Å². The van der Waals surface area contributed by atoms with Crippen LogP contribution in [0, 0.1) is 0 Å². The first-order valence-electron chi connectivity index (χ1n) is 31.8. The number of rotatable bonds is 58. The van der Waals surface area contributed by atoms with Crippen LogP contribution < -0.4 is 0 Å². The summed E-state index contributed by atoms with van der Waals surface area (Å²) >= 11 is 0. The lowest BCUT2D eigenvalue weighted by atomic mass is 10.0. The molecule has 0 bridgehead atoms. The van der Waals surface area contributed by atoms with Gasteiger partial charge in [-0.05, 0) is 57.8 Å². The van der Waals surface area contributed by atoms with Gasteiger partial charge in [-0.1, -0.05) is 313 Å². The van der Waals surface area contributed by atoms with Gasteiger partial charge in [0.2, 0.25) is 0 Å². The van der Waals surface area contributed by atoms with Gasteiger partial charge in [0.1, 0.15) is 13.2 Å². The minimum Gasteiger partial charge on any atom is -0.462 e. The van der Waals surface area contributed by atoms with E-state index in [2.05, 4.69) is 81.5 Å². The maximum atomic E-state index is 12.7. The summed E-state index contributed by atoms with van der Waals surface area (Å²) in [4.78, 5) is 37.8. The van der Waals surface area contributed by atoms with Crippen molar-refractivity contribution in [2.45, 2.75) is 335 Å². The molecule has 6 heteroatoms. The van der Waals surface area contributed by atoms with E-state index in [1.54, 1.807) is 0 Å². The minimum absolute atomic E-state index is 0.0945. The third-order valence-corrected chi connectivity index (χ3v) is 14.0. The molecule has 73 heavy (non-hydrogen) atoms. The van der Waals surface area contributed by atoms with Gasteiger partial charge >= 0.3 is 17.9 Å². The Kier molecular flexibility index (Phi) is 59.2. The first-order valence-corrected chi connectivity index (χ1v) is 31.8. The Morgan fingerprint density at radius 2 is 0.534 bits per heavy atom. The largest absolute Gasteiger partial charge is 0.462 e. The van der Waals surface area contributed by atoms with Gasteiger partial charge in [-0.3, -0.25) is 14.4 Å². The van der Waals surface area contributed by atoms with Crippen molar-refractivity contribution < 1.29 is 28.6 Å². The molecule has 0 aromatic rings. The third-order valence-electron chi connectivity index (χ3n) is 14.0. The van der Waals surface area contributed by atoms with Crippen LogP contribution in [0.5, 0.6) is 0 Å². The number of hydrogen-bond acceptors (Lipinski definition) is 6. The fourth-order valence-corrected chi connectivity index (χ4v) is 9.31. The van der Waals surface area contributed by atoms with E-state index in [0.717, 1.165) is 83.5 Å². The van der Waals surface area contributed by atoms with Gasteiger partial charge in [-0.2, -0.15) is 0 Å². The predicted octanol–water partition coefficient (Wildman–Crippen LogP) is 21.6. The highest BCUT2D eigenvalue weighted by atomic mass is 16.6. The second kappa shape index (κ2) is 61.7. The van der Waals surface area contributed by atoms with E-state index in [4.69, 9.17) is 14.2 Å². The number of hydrogen-bond donors (Lipinski definition) is 0. The number of carbonyl (C=O) groups excluding carboxylic acids is 3. The standard InChI is InChI=1S/C67H120O6/c1-4-7-10-13-15-17-19-21-23-25-26-27-28-29-30-31-32-33-34-35-36-37-38-39-40-42-43-45-47-49-51-54-57-60-66(69)72-63-64(62-71-65(68)59-56-53-12-9-6-3)73-67(70)61-58-55-52-50-48-46-44-41-24-22-20-18-16-14-11-8-5-2/h8,11,16,18,22,24,44,46,50,52,64H,4-7,9-10,12-15,17,19-21,23,25-43,45,47-49,51,53-63H2,1-3H3/b11-8-,18-16-,24-22-,46-44-,52-50-. The van der Waals surface area contributed by atoms with Crippen LogP contribution >= 0.6 is 0 Å². The smallest absolute Gasteiger partial charge is 0.306 e. The molecule has 0 rings (SSSR count). The van der Waals surface area contributed by atoms with Gasteiger partial charge in [-0.25, -0.2) is 0 Å². The lowest BCUT2D eigenvalue weighted by molar-refractivity contribution is -0.167. The van der Waals surface area contributed by atoms with E-state index in [9.17, 15) is 14.4 Å². The summed E-state index contributed by atoms with van der Waals surface area (Å²) in [5.74, 6) is -0.957. The lowest BCUT2D eigenvalue weighted by Gasteiger charge is -2.18. The topological polar surface area (TPSA) is 78.9 Å². The first-order chi connectivity index (χ1) is 36.0. The zero-order valence-corrected chi connectivity index (χ0v) is 48.7. The highest BCUT2D eigenvalue weighted by molar-refractivity contribution is 5.71. The van der Waals surface area contributed by atoms with E-state index in [-0.39, 0.29) is 37.5 Å². The lowest BCUT2D eigenvalue weighted by Crippen LogP contribution is -2.30. The van der Waals surface area contributed by atoms with Crippen molar-refractivity contribution >= 4 is 17.9 Å². The number of allylic oxidation sites excluding steroid dienone is 10. The van der Waals surface area contributed by atoms with Crippen LogP contribution in [0.15, 0.2) is 60.8 Å². The van der Waals surface area contributed by atoms with Crippen molar-refractivity contribution in [2.75, 3.05) is 13.2 Å². The van der Waals surface area contributed by atoms with Crippen molar-refractivity contribution in [3.8, 4) is 0 Å². The summed E-state index contributed by atoms with van der Waals surface area (Å²) in [5.41, 5.74) is 0. The molecule has 0 aromatic carbocycles. The van der Waals surface area contributed by atoms with Gasteiger partial charge in [0.15, 0.2) is 6.10 Å². The van der Waals surface area contributed by atoms with Crippen LogP contribution in [0.4, 0.5) is 0 Å². The van der Waals surface area contributed by atoms with E-state index in [0.29, 0.717) is 19.3 Å². The average molecular weight is 1020 g/mol. The molecule has 1 atom stereocenters. The predicted molar refractivity (Wildman–Crippen MR) is 316 cm³/mol. The zero-order chi connectivity index (χ0) is 52.9. The van der Waals surface area contributed by atoms with Crippen molar-refractivity contribution in [1.82, 2.24) is 0 Å². The highest BCUT2D eigenvalue weighted by Gasteiger charge is 2.19. The normalized spacial score (nSPS) is 12.4. The Bertz CT molecular complexity index is 1310. The molecular weight excluding hydrogens is 901 g/mol. The maximum Gasteiger partial charge on any atom is 0.306 e. The highest BCUT2D eigenvalue weighted by Crippen LogP contribution is 2.18. The van der Waals surface area contributed by atoms with Crippen LogP contribution in [-0.2, 0) is 28.6 Å². The molecule has 0 N–H and O–H groups in total. The zero-order valence-electron chi connectivity index (χ0n) is 48.7. The summed E-state index contributed by atoms with van der Waals surface area (Å²) in [6.07, 6.45) is 78.9. The van der Waals surface area contributed by atoms with Gasteiger partial charge in [0, 0.05) is 19.3 Å². The second-order valence-electron chi connectivity index (χ2n) is 21.3. The van der Waals surface area contributed by atoms with Crippen LogP contribution in [0.25, 0.3) is 0 Å². The molecule has 0 spiro atoms. The number of esters is 3. The molecule has 0 radical (unpaired) electrons. The quantitative estimate of drug-likeness (QED) is 0.0261. The fraction of sp³-hybridized carbons (Fsp3) is 0.806. The SMILES string of the molecule is CC/C=C\C/C=C\C/C=C\C/C=C\C/C=C\CCCC(=O)OC(COC(=O)CCCCCCC)COC(=O)CCCCCCCCCCCCCCCCCCCCCCCCCCCCCCCCCCC. The average Bonchev–Trinajstić information content (AvgIpc) is 3.39. The Balaban J connectivity index is 3.93. The van der Waals surface area contributed by atoms with Gasteiger partial charge in [-0.15, -0.1) is 0 Å². The molecule has 1 unspecified atom stereocenters. The summed E-state index contributed by atoms with van der Waals surface area (Å²) in [6.45, 7) is 6.43. The molecule has 0 fully saturated rings. The molecule has 0 amide bonds. The molecule has 0 heterocycles. The van der Waals surface area contributed by atoms with E-state index < -0.39 is 6.10 Å². The Labute approximate surface area is 453 Å². The number of carbonyl (C=O) groups is 3. The molecular formula is C67H120O6. The van der Waals surface area contributed by atoms with Crippen molar-refractivity contribution in [3.05, 3.63) is 60.8 Å². The summed E-state index contributed by atoms with van der Waals surface area (Å²) in [7, 11) is 0. The molecule has 0 aliphatic heterocycles. The van der Waals surface area contributed by atoms with E-state index in [1.165, 1.54) is 199 Å². The molecule has 424 valence electrons. The summed E-state index contributed by atoms with van der Waals surface area (Å²) < 4.78 is 16.7. The van der Waals surface area contributed by atoms with Crippen molar-refractivity contribution in [3.63, 3.8) is 0 Å². The van der Waals surface area contributed by atoms with Crippen LogP contribution in [0.3, 0.4) is 0 Å². The van der Waals surface area contributed by atoms with Gasteiger partial charge < -0.3 is 14.2 Å². The van der Waals surface area contributed by atoms with Crippen LogP contribution in [0.1, 0.15) is 329 Å².